The second kappa shape index (κ2) is 8.16. The van der Waals surface area contributed by atoms with Crippen molar-refractivity contribution in [3.05, 3.63) is 53.4 Å². The number of aromatic nitrogens is 3. The maximum atomic E-state index is 10.8. The molecule has 6 heteroatoms. The van der Waals surface area contributed by atoms with Crippen molar-refractivity contribution in [1.29, 1.82) is 0 Å². The van der Waals surface area contributed by atoms with Gasteiger partial charge in [0.25, 0.3) is 0 Å². The Morgan fingerprint density at radius 1 is 1.32 bits per heavy atom. The number of piperidine rings is 1. The second-order valence-corrected chi connectivity index (χ2v) is 6.65. The lowest BCUT2D eigenvalue weighted by Gasteiger charge is -2.31. The van der Waals surface area contributed by atoms with Gasteiger partial charge in [0.15, 0.2) is 0 Å². The summed E-state index contributed by atoms with van der Waals surface area (Å²) < 4.78 is 0. The van der Waals surface area contributed by atoms with Crippen LogP contribution in [0.3, 0.4) is 0 Å². The second-order valence-electron chi connectivity index (χ2n) is 6.65. The number of aryl methyl sites for hydroxylation is 2. The van der Waals surface area contributed by atoms with Crippen LogP contribution in [-0.4, -0.2) is 44.0 Å². The van der Waals surface area contributed by atoms with E-state index in [1.165, 1.54) is 0 Å². The zero-order chi connectivity index (χ0) is 17.6. The van der Waals surface area contributed by atoms with Gasteiger partial charge >= 0.3 is 5.97 Å². The molecule has 0 bridgehead atoms. The number of carboxylic acid groups (broad SMARTS) is 1. The molecular weight excluding hydrogens is 316 g/mol. The number of pyridine rings is 1. The molecule has 0 aromatic carbocycles. The molecule has 1 N–H and O–H groups in total. The van der Waals surface area contributed by atoms with Crippen molar-refractivity contribution in [2.75, 3.05) is 13.1 Å². The SMILES string of the molecule is Cc1cc(CCC(=O)O)nc([C@H]2CCCN(Cc3ccccn3)C2)n1. The monoisotopic (exact) mass is 340 g/mol. The Labute approximate surface area is 148 Å². The average molecular weight is 340 g/mol. The van der Waals surface area contributed by atoms with Crippen LogP contribution in [0.4, 0.5) is 0 Å². The summed E-state index contributed by atoms with van der Waals surface area (Å²) in [6, 6.07) is 7.89. The van der Waals surface area contributed by atoms with Crippen LogP contribution >= 0.6 is 0 Å². The van der Waals surface area contributed by atoms with Gasteiger partial charge in [-0.3, -0.25) is 14.7 Å². The van der Waals surface area contributed by atoms with E-state index in [1.807, 2.05) is 31.3 Å². The zero-order valence-corrected chi connectivity index (χ0v) is 14.6. The molecule has 6 nitrogen and oxygen atoms in total. The summed E-state index contributed by atoms with van der Waals surface area (Å²) in [5.74, 6) is 0.351. The van der Waals surface area contributed by atoms with E-state index in [0.717, 1.165) is 55.4 Å². The van der Waals surface area contributed by atoms with Gasteiger partial charge in [-0.2, -0.15) is 0 Å². The Bertz CT molecular complexity index is 721. The molecule has 3 rings (SSSR count). The predicted molar refractivity (Wildman–Crippen MR) is 94.2 cm³/mol. The highest BCUT2D eigenvalue weighted by atomic mass is 16.4. The molecular formula is C19H24N4O2. The molecule has 2 aromatic rings. The Morgan fingerprint density at radius 2 is 2.20 bits per heavy atom. The number of aliphatic carboxylic acids is 1. The van der Waals surface area contributed by atoms with E-state index in [1.54, 1.807) is 0 Å². The Kier molecular flexibility index (Phi) is 5.71. The number of carbonyl (C=O) groups is 1. The molecule has 0 saturated carbocycles. The van der Waals surface area contributed by atoms with Crippen molar-refractivity contribution in [3.63, 3.8) is 0 Å². The lowest BCUT2D eigenvalue weighted by atomic mass is 9.96. The molecule has 1 aliphatic rings. The van der Waals surface area contributed by atoms with E-state index >= 15 is 0 Å². The molecule has 2 aromatic heterocycles. The predicted octanol–water partition coefficient (Wildman–Crippen LogP) is 2.58. The maximum Gasteiger partial charge on any atom is 0.303 e. The highest BCUT2D eigenvalue weighted by Crippen LogP contribution is 2.26. The van der Waals surface area contributed by atoms with E-state index in [9.17, 15) is 4.79 Å². The van der Waals surface area contributed by atoms with Gasteiger partial charge in [0.05, 0.1) is 12.1 Å². The van der Waals surface area contributed by atoms with Crippen LogP contribution in [0.2, 0.25) is 0 Å². The lowest BCUT2D eigenvalue weighted by molar-refractivity contribution is -0.136. The molecule has 0 amide bonds. The minimum Gasteiger partial charge on any atom is -0.481 e. The summed E-state index contributed by atoms with van der Waals surface area (Å²) in [7, 11) is 0. The smallest absolute Gasteiger partial charge is 0.303 e. The Balaban J connectivity index is 1.69. The van der Waals surface area contributed by atoms with Gasteiger partial charge in [-0.25, -0.2) is 9.97 Å². The van der Waals surface area contributed by atoms with E-state index in [4.69, 9.17) is 5.11 Å². The normalized spacial score (nSPS) is 18.2. The molecule has 1 atom stereocenters. The molecule has 132 valence electrons. The minimum absolute atomic E-state index is 0.104. The molecule has 1 aliphatic heterocycles. The third-order valence-electron chi connectivity index (χ3n) is 4.50. The fourth-order valence-corrected chi connectivity index (χ4v) is 3.33. The summed E-state index contributed by atoms with van der Waals surface area (Å²) in [6.45, 7) is 4.77. The molecule has 0 unspecified atom stereocenters. The summed E-state index contributed by atoms with van der Waals surface area (Å²) in [4.78, 5) is 26.9. The van der Waals surface area contributed by atoms with Crippen LogP contribution in [0.5, 0.6) is 0 Å². The van der Waals surface area contributed by atoms with Crippen molar-refractivity contribution < 1.29 is 9.90 Å². The fourth-order valence-electron chi connectivity index (χ4n) is 3.33. The number of hydrogen-bond donors (Lipinski definition) is 1. The fraction of sp³-hybridized carbons (Fsp3) is 0.474. The summed E-state index contributed by atoms with van der Waals surface area (Å²) in [5, 5.41) is 8.88. The van der Waals surface area contributed by atoms with Crippen LogP contribution in [-0.2, 0) is 17.8 Å². The maximum absolute atomic E-state index is 10.8. The van der Waals surface area contributed by atoms with Gasteiger partial charge in [-0.05, 0) is 44.5 Å². The largest absolute Gasteiger partial charge is 0.481 e. The van der Waals surface area contributed by atoms with Crippen LogP contribution in [0, 0.1) is 6.92 Å². The lowest BCUT2D eigenvalue weighted by Crippen LogP contribution is -2.35. The number of carboxylic acids is 1. The van der Waals surface area contributed by atoms with Gasteiger partial charge in [0.1, 0.15) is 5.82 Å². The van der Waals surface area contributed by atoms with Crippen LogP contribution < -0.4 is 0 Å². The Morgan fingerprint density at radius 3 is 2.96 bits per heavy atom. The van der Waals surface area contributed by atoms with Crippen LogP contribution in [0.1, 0.15) is 48.1 Å². The van der Waals surface area contributed by atoms with Crippen molar-refractivity contribution >= 4 is 5.97 Å². The molecule has 0 spiro atoms. The zero-order valence-electron chi connectivity index (χ0n) is 14.6. The molecule has 0 aliphatic carbocycles. The summed E-state index contributed by atoms with van der Waals surface area (Å²) in [6.07, 6.45) is 4.57. The van der Waals surface area contributed by atoms with Gasteiger partial charge in [0.2, 0.25) is 0 Å². The summed E-state index contributed by atoms with van der Waals surface area (Å²) in [5.41, 5.74) is 2.81. The number of rotatable bonds is 6. The third kappa shape index (κ3) is 5.06. The van der Waals surface area contributed by atoms with Crippen molar-refractivity contribution in [3.8, 4) is 0 Å². The van der Waals surface area contributed by atoms with E-state index in [2.05, 4.69) is 25.9 Å². The van der Waals surface area contributed by atoms with Crippen molar-refractivity contribution in [1.82, 2.24) is 19.9 Å². The van der Waals surface area contributed by atoms with Gasteiger partial charge < -0.3 is 5.11 Å². The quantitative estimate of drug-likeness (QED) is 0.871. The first-order chi connectivity index (χ1) is 12.1. The standard InChI is InChI=1S/C19H24N4O2/c1-14-11-16(7-8-18(24)25)22-19(21-14)15-5-4-10-23(12-15)13-17-6-2-3-9-20-17/h2-3,6,9,11,15H,4-5,7-8,10,12-13H2,1H3,(H,24,25)/t15-/m0/s1. The van der Waals surface area contributed by atoms with Crippen LogP contribution in [0.25, 0.3) is 0 Å². The Hall–Kier alpha value is -2.34. The van der Waals surface area contributed by atoms with Gasteiger partial charge in [0, 0.05) is 43.0 Å². The first-order valence-corrected chi connectivity index (χ1v) is 8.78. The van der Waals surface area contributed by atoms with E-state index in [-0.39, 0.29) is 6.42 Å². The van der Waals surface area contributed by atoms with Gasteiger partial charge in [-0.1, -0.05) is 6.07 Å². The number of likely N-dealkylation sites (tertiary alicyclic amines) is 1. The average Bonchev–Trinajstić information content (AvgIpc) is 2.61. The van der Waals surface area contributed by atoms with Crippen molar-refractivity contribution in [2.45, 2.75) is 45.1 Å². The molecule has 0 radical (unpaired) electrons. The first kappa shape index (κ1) is 17.5. The highest BCUT2D eigenvalue weighted by Gasteiger charge is 2.24. The topological polar surface area (TPSA) is 79.2 Å². The van der Waals surface area contributed by atoms with Crippen LogP contribution in [0.15, 0.2) is 30.5 Å². The molecule has 3 heterocycles. The van der Waals surface area contributed by atoms with E-state index in [0.29, 0.717) is 12.3 Å². The van der Waals surface area contributed by atoms with Gasteiger partial charge in [-0.15, -0.1) is 0 Å². The molecule has 1 fully saturated rings. The minimum atomic E-state index is -0.794. The summed E-state index contributed by atoms with van der Waals surface area (Å²) >= 11 is 0. The first-order valence-electron chi connectivity index (χ1n) is 8.78. The number of hydrogen-bond acceptors (Lipinski definition) is 5. The van der Waals surface area contributed by atoms with Crippen molar-refractivity contribution in [2.24, 2.45) is 0 Å². The van der Waals surface area contributed by atoms with E-state index < -0.39 is 5.97 Å². The third-order valence-corrected chi connectivity index (χ3v) is 4.50. The molecule has 1 saturated heterocycles. The molecule has 25 heavy (non-hydrogen) atoms. The highest BCUT2D eigenvalue weighted by molar-refractivity contribution is 5.66. The number of nitrogens with zero attached hydrogens (tertiary/aromatic N) is 4.